The van der Waals surface area contributed by atoms with Crippen LogP contribution in [0.15, 0.2) is 23.0 Å². The van der Waals surface area contributed by atoms with Gasteiger partial charge in [0.05, 0.1) is 19.0 Å². The third kappa shape index (κ3) is 4.22. The molecule has 31 heavy (non-hydrogen) atoms. The summed E-state index contributed by atoms with van der Waals surface area (Å²) in [4.78, 5) is 31.5. The van der Waals surface area contributed by atoms with Crippen LogP contribution in [0.5, 0.6) is 11.5 Å². The molecule has 7 nitrogen and oxygen atoms in total. The van der Waals surface area contributed by atoms with Crippen molar-refractivity contribution in [2.24, 2.45) is 0 Å². The maximum atomic E-state index is 13.2. The molecule has 0 spiro atoms. The average molecular weight is 443 g/mol. The molecule has 0 bridgehead atoms. The van der Waals surface area contributed by atoms with Gasteiger partial charge in [-0.25, -0.2) is 4.98 Å². The zero-order valence-electron chi connectivity index (χ0n) is 17.9. The number of fused-ring (bicyclic) bond motifs is 3. The first-order valence-electron chi connectivity index (χ1n) is 10.4. The minimum Gasteiger partial charge on any atom is -0.493 e. The van der Waals surface area contributed by atoms with Crippen LogP contribution in [0.2, 0.25) is 0 Å². The number of aliphatic hydroxyl groups excluding tert-OH is 1. The fourth-order valence-electron chi connectivity index (χ4n) is 4.01. The number of benzene rings is 1. The predicted octanol–water partition coefficient (Wildman–Crippen LogP) is 3.30. The lowest BCUT2D eigenvalue weighted by molar-refractivity contribution is 0.0893. The summed E-state index contributed by atoms with van der Waals surface area (Å²) in [6.07, 6.45) is 3.25. The van der Waals surface area contributed by atoms with E-state index in [1.54, 1.807) is 36.5 Å². The molecule has 0 aliphatic heterocycles. The first-order chi connectivity index (χ1) is 14.9. The minimum atomic E-state index is -0.915. The van der Waals surface area contributed by atoms with Crippen LogP contribution in [0.25, 0.3) is 10.2 Å². The fraction of sp³-hybridized carbons (Fsp3) is 0.435. The topological polar surface area (TPSA) is 90.7 Å². The van der Waals surface area contributed by atoms with Gasteiger partial charge in [-0.2, -0.15) is 0 Å². The first kappa shape index (κ1) is 21.5. The lowest BCUT2D eigenvalue weighted by Gasteiger charge is -2.17. The summed E-state index contributed by atoms with van der Waals surface area (Å²) < 4.78 is 12.5. The largest absolute Gasteiger partial charge is 0.493 e. The highest BCUT2D eigenvalue weighted by Gasteiger charge is 2.22. The molecule has 0 amide bonds. The van der Waals surface area contributed by atoms with Gasteiger partial charge in [0.1, 0.15) is 23.4 Å². The summed E-state index contributed by atoms with van der Waals surface area (Å²) in [7, 11) is 1.49. The highest BCUT2D eigenvalue weighted by molar-refractivity contribution is 7.18. The molecule has 1 unspecified atom stereocenters. The number of carbonyl (C=O) groups excluding carboxylic acids is 1. The van der Waals surface area contributed by atoms with Gasteiger partial charge in [0.2, 0.25) is 0 Å². The number of ketones is 1. The van der Waals surface area contributed by atoms with Crippen molar-refractivity contribution in [2.45, 2.75) is 52.2 Å². The number of Topliss-reactive ketones (excluding diaryl/α,β-unsaturated/α-hetero) is 1. The fourth-order valence-corrected chi connectivity index (χ4v) is 5.31. The van der Waals surface area contributed by atoms with E-state index in [0.717, 1.165) is 36.1 Å². The number of thiophene rings is 1. The van der Waals surface area contributed by atoms with Gasteiger partial charge in [-0.05, 0) is 63.3 Å². The summed E-state index contributed by atoms with van der Waals surface area (Å²) in [6, 6.07) is 4.90. The number of ether oxygens (including phenoxy) is 2. The van der Waals surface area contributed by atoms with Gasteiger partial charge < -0.3 is 14.6 Å². The Kier molecular flexibility index (Phi) is 6.11. The zero-order chi connectivity index (χ0) is 22.1. The van der Waals surface area contributed by atoms with Crippen molar-refractivity contribution < 1.29 is 19.4 Å². The molecule has 1 N–H and O–H groups in total. The summed E-state index contributed by atoms with van der Waals surface area (Å²) in [5.41, 5.74) is 1.56. The van der Waals surface area contributed by atoms with Crippen molar-refractivity contribution in [2.75, 3.05) is 13.7 Å². The Morgan fingerprint density at radius 1 is 1.29 bits per heavy atom. The van der Waals surface area contributed by atoms with E-state index >= 15 is 0 Å². The molecule has 0 fully saturated rings. The van der Waals surface area contributed by atoms with Crippen LogP contribution in [-0.2, 0) is 19.4 Å². The Morgan fingerprint density at radius 2 is 2.06 bits per heavy atom. The van der Waals surface area contributed by atoms with Crippen molar-refractivity contribution in [3.63, 3.8) is 0 Å². The Bertz CT molecular complexity index is 1200. The van der Waals surface area contributed by atoms with E-state index < -0.39 is 6.10 Å². The van der Waals surface area contributed by atoms with Gasteiger partial charge in [0.25, 0.3) is 5.56 Å². The number of carbonyl (C=O) groups is 1. The highest BCUT2D eigenvalue weighted by Crippen LogP contribution is 2.34. The van der Waals surface area contributed by atoms with Crippen molar-refractivity contribution in [1.82, 2.24) is 9.55 Å². The van der Waals surface area contributed by atoms with Crippen LogP contribution in [0.3, 0.4) is 0 Å². The Hall–Kier alpha value is -2.71. The second-order valence-corrected chi connectivity index (χ2v) is 8.94. The number of hydrogen-bond acceptors (Lipinski definition) is 7. The molecule has 0 saturated carbocycles. The zero-order valence-corrected chi connectivity index (χ0v) is 18.8. The van der Waals surface area contributed by atoms with Crippen molar-refractivity contribution in [3.8, 4) is 11.5 Å². The second kappa shape index (κ2) is 8.80. The van der Waals surface area contributed by atoms with Crippen LogP contribution in [0.4, 0.5) is 0 Å². The number of aryl methyl sites for hydroxylation is 3. The van der Waals surface area contributed by atoms with E-state index in [4.69, 9.17) is 9.47 Å². The van der Waals surface area contributed by atoms with Crippen LogP contribution in [-0.4, -0.2) is 40.3 Å². The van der Waals surface area contributed by atoms with E-state index in [2.05, 4.69) is 4.98 Å². The number of aromatic nitrogens is 2. The lowest BCUT2D eigenvalue weighted by atomic mass is 9.97. The van der Waals surface area contributed by atoms with E-state index in [-0.39, 0.29) is 24.5 Å². The molecule has 1 aliphatic rings. The molecule has 3 aromatic rings. The number of methoxy groups -OCH3 is 1. The molecule has 1 aliphatic carbocycles. The normalized spacial score (nSPS) is 14.3. The summed E-state index contributed by atoms with van der Waals surface area (Å²) in [5, 5.41) is 11.3. The molecule has 2 heterocycles. The molecule has 0 saturated heterocycles. The molecular formula is C23H26N2O5S. The minimum absolute atomic E-state index is 0.0263. The third-order valence-electron chi connectivity index (χ3n) is 5.66. The van der Waals surface area contributed by atoms with E-state index in [1.165, 1.54) is 23.5 Å². The number of nitrogens with zero attached hydrogens (tertiary/aromatic N) is 2. The lowest BCUT2D eigenvalue weighted by Crippen LogP contribution is -2.32. The van der Waals surface area contributed by atoms with E-state index in [0.29, 0.717) is 28.3 Å². The summed E-state index contributed by atoms with van der Waals surface area (Å²) in [6.45, 7) is 3.33. The molecule has 1 atom stereocenters. The van der Waals surface area contributed by atoms with Crippen LogP contribution in [0, 0.1) is 6.92 Å². The third-order valence-corrected chi connectivity index (χ3v) is 6.85. The molecular weight excluding hydrogens is 416 g/mol. The predicted molar refractivity (Wildman–Crippen MR) is 120 cm³/mol. The average Bonchev–Trinajstić information content (AvgIpc) is 3.13. The van der Waals surface area contributed by atoms with E-state index in [1.807, 2.05) is 0 Å². The Balaban J connectivity index is 1.53. The van der Waals surface area contributed by atoms with Gasteiger partial charge in [0, 0.05) is 10.4 Å². The van der Waals surface area contributed by atoms with Gasteiger partial charge in [-0.3, -0.25) is 14.2 Å². The van der Waals surface area contributed by atoms with Crippen LogP contribution < -0.4 is 15.0 Å². The van der Waals surface area contributed by atoms with Crippen molar-refractivity contribution >= 4 is 27.3 Å². The number of aliphatic hydroxyl groups is 1. The highest BCUT2D eigenvalue weighted by atomic mass is 32.1. The van der Waals surface area contributed by atoms with Gasteiger partial charge >= 0.3 is 0 Å². The monoisotopic (exact) mass is 442 g/mol. The van der Waals surface area contributed by atoms with Gasteiger partial charge in [-0.1, -0.05) is 0 Å². The quantitative estimate of drug-likeness (QED) is 0.565. The molecule has 1 aromatic carbocycles. The maximum Gasteiger partial charge on any atom is 0.262 e. The van der Waals surface area contributed by atoms with Crippen LogP contribution in [0.1, 0.15) is 46.4 Å². The standard InChI is InChI=1S/C23H26N2O5S/c1-13(26)15-8-9-18(19(10-15)29-3)30-12-16(27)11-25-14(2)24-22-21(23(25)28)17-6-4-5-7-20(17)31-22/h8-10,16,27H,4-7,11-12H2,1-3H3. The molecule has 4 rings (SSSR count). The van der Waals surface area contributed by atoms with Crippen molar-refractivity contribution in [3.05, 3.63) is 50.4 Å². The second-order valence-electron chi connectivity index (χ2n) is 7.85. The van der Waals surface area contributed by atoms with Gasteiger partial charge in [0.15, 0.2) is 17.3 Å². The first-order valence-corrected chi connectivity index (χ1v) is 11.2. The number of hydrogen-bond donors (Lipinski definition) is 1. The molecule has 2 aromatic heterocycles. The SMILES string of the molecule is COc1cc(C(C)=O)ccc1OCC(O)Cn1c(C)nc2sc3c(c2c1=O)CCCC3. The Labute approximate surface area is 184 Å². The number of rotatable bonds is 7. The Morgan fingerprint density at radius 3 is 2.81 bits per heavy atom. The van der Waals surface area contributed by atoms with Crippen LogP contribution >= 0.6 is 11.3 Å². The molecule has 8 heteroatoms. The van der Waals surface area contributed by atoms with Crippen molar-refractivity contribution in [1.29, 1.82) is 0 Å². The van der Waals surface area contributed by atoms with Gasteiger partial charge in [-0.15, -0.1) is 11.3 Å². The smallest absolute Gasteiger partial charge is 0.262 e. The summed E-state index contributed by atoms with van der Waals surface area (Å²) >= 11 is 1.62. The van der Waals surface area contributed by atoms with E-state index in [9.17, 15) is 14.7 Å². The molecule has 164 valence electrons. The molecule has 0 radical (unpaired) electrons. The maximum absolute atomic E-state index is 13.2. The summed E-state index contributed by atoms with van der Waals surface area (Å²) in [5.74, 6) is 1.36.